The second kappa shape index (κ2) is 7.13. The number of nitrogen functional groups attached to an aromatic ring is 1. The molecule has 1 unspecified atom stereocenters. The van der Waals surface area contributed by atoms with Gasteiger partial charge in [0.2, 0.25) is 0 Å². The Balaban J connectivity index is 0.000000180. The van der Waals surface area contributed by atoms with Crippen molar-refractivity contribution in [2.75, 3.05) is 40.0 Å². The number of nitrogens with zero attached hydrogens (tertiary/aromatic N) is 2. The summed E-state index contributed by atoms with van der Waals surface area (Å²) in [7, 11) is 6.50. The molecule has 100 valence electrons. The molecule has 0 aliphatic carbocycles. The van der Waals surface area contributed by atoms with Crippen molar-refractivity contribution >= 4 is 12.0 Å². The highest BCUT2D eigenvalue weighted by Gasteiger charge is 2.20. The van der Waals surface area contributed by atoms with E-state index in [-0.39, 0.29) is 0 Å². The maximum Gasteiger partial charge on any atom is 0.150 e. The van der Waals surface area contributed by atoms with Crippen LogP contribution in [0.3, 0.4) is 0 Å². The second-order valence-corrected chi connectivity index (χ2v) is 4.95. The average Bonchev–Trinajstić information content (AvgIpc) is 2.78. The highest BCUT2D eigenvalue weighted by molar-refractivity contribution is 5.75. The quantitative estimate of drug-likeness (QED) is 0.634. The van der Waals surface area contributed by atoms with Gasteiger partial charge < -0.3 is 15.5 Å². The molecule has 0 aromatic heterocycles. The highest BCUT2D eigenvalue weighted by Crippen LogP contribution is 2.09. The van der Waals surface area contributed by atoms with Crippen LogP contribution < -0.4 is 5.73 Å². The normalized spacial score (nSPS) is 19.4. The lowest BCUT2D eigenvalue weighted by molar-refractivity contribution is 0.112. The molecule has 1 aromatic carbocycles. The van der Waals surface area contributed by atoms with Crippen LogP contribution in [0.4, 0.5) is 5.69 Å². The highest BCUT2D eigenvalue weighted by atomic mass is 16.1. The molecule has 18 heavy (non-hydrogen) atoms. The fourth-order valence-electron chi connectivity index (χ4n) is 1.91. The van der Waals surface area contributed by atoms with Crippen LogP contribution >= 0.6 is 0 Å². The molecule has 4 heteroatoms. The Hall–Kier alpha value is -1.39. The van der Waals surface area contributed by atoms with Gasteiger partial charge in [-0.2, -0.15) is 0 Å². The molecule has 0 amide bonds. The zero-order valence-electron chi connectivity index (χ0n) is 11.5. The third-order valence-electron chi connectivity index (χ3n) is 3.17. The van der Waals surface area contributed by atoms with Gasteiger partial charge in [-0.25, -0.2) is 0 Å². The molecule has 1 aliphatic heterocycles. The van der Waals surface area contributed by atoms with Crippen LogP contribution in [0.1, 0.15) is 16.8 Å². The monoisotopic (exact) mass is 249 g/mol. The smallest absolute Gasteiger partial charge is 0.150 e. The minimum atomic E-state index is 0.657. The number of aldehydes is 1. The zero-order valence-corrected chi connectivity index (χ0v) is 11.5. The van der Waals surface area contributed by atoms with E-state index in [0.717, 1.165) is 12.3 Å². The van der Waals surface area contributed by atoms with Gasteiger partial charge in [-0.3, -0.25) is 4.79 Å². The van der Waals surface area contributed by atoms with E-state index in [1.807, 2.05) is 0 Å². The van der Waals surface area contributed by atoms with Crippen molar-refractivity contribution in [2.24, 2.45) is 0 Å². The Bertz CT molecular complexity index is 362. The molecule has 0 radical (unpaired) electrons. The number of carbonyl (C=O) groups is 1. The Kier molecular flexibility index (Phi) is 5.82. The van der Waals surface area contributed by atoms with Crippen molar-refractivity contribution in [3.8, 4) is 0 Å². The summed E-state index contributed by atoms with van der Waals surface area (Å²) in [5.41, 5.74) is 6.70. The van der Waals surface area contributed by atoms with E-state index in [4.69, 9.17) is 5.73 Å². The van der Waals surface area contributed by atoms with Crippen LogP contribution in [-0.2, 0) is 0 Å². The van der Waals surface area contributed by atoms with Crippen molar-refractivity contribution in [2.45, 2.75) is 12.5 Å². The van der Waals surface area contributed by atoms with Gasteiger partial charge in [0.25, 0.3) is 0 Å². The lowest BCUT2D eigenvalue weighted by Crippen LogP contribution is -2.30. The van der Waals surface area contributed by atoms with Crippen molar-refractivity contribution < 1.29 is 4.79 Å². The number of benzene rings is 1. The predicted molar refractivity (Wildman–Crippen MR) is 75.8 cm³/mol. The number of carbonyl (C=O) groups excluding carboxylic acids is 1. The summed E-state index contributed by atoms with van der Waals surface area (Å²) in [5.74, 6) is 0. The summed E-state index contributed by atoms with van der Waals surface area (Å²) in [6.07, 6.45) is 2.13. The molecule has 0 saturated carbocycles. The first-order valence-corrected chi connectivity index (χ1v) is 6.18. The standard InChI is InChI=1S/C7H16N2.C7H7NO/c1-8(2)7-4-5-9(3)6-7;8-7-3-1-6(5-9)2-4-7/h7H,4-6H2,1-3H3;1-5H,8H2. The molecule has 1 saturated heterocycles. The summed E-state index contributed by atoms with van der Waals surface area (Å²) < 4.78 is 0. The molecule has 0 bridgehead atoms. The minimum absolute atomic E-state index is 0.657. The van der Waals surface area contributed by atoms with E-state index in [2.05, 4.69) is 30.9 Å². The first kappa shape index (κ1) is 14.7. The van der Waals surface area contributed by atoms with Gasteiger partial charge in [-0.1, -0.05) is 0 Å². The van der Waals surface area contributed by atoms with Crippen LogP contribution in [0.2, 0.25) is 0 Å². The Labute approximate surface area is 109 Å². The van der Waals surface area contributed by atoms with Crippen LogP contribution in [-0.4, -0.2) is 56.4 Å². The molecule has 2 N–H and O–H groups in total. The number of likely N-dealkylation sites (N-methyl/N-ethyl adjacent to an activating group) is 2. The molecule has 1 aliphatic rings. The summed E-state index contributed by atoms with van der Waals surface area (Å²) >= 11 is 0. The van der Waals surface area contributed by atoms with Crippen LogP contribution in [0, 0.1) is 0 Å². The molecule has 1 fully saturated rings. The van der Waals surface area contributed by atoms with Crippen molar-refractivity contribution in [1.29, 1.82) is 0 Å². The molecule has 4 nitrogen and oxygen atoms in total. The molecular formula is C14H23N3O. The van der Waals surface area contributed by atoms with Crippen molar-refractivity contribution in [3.05, 3.63) is 29.8 Å². The van der Waals surface area contributed by atoms with E-state index >= 15 is 0 Å². The molecule has 1 heterocycles. The first-order valence-electron chi connectivity index (χ1n) is 6.18. The van der Waals surface area contributed by atoms with Gasteiger partial charge in [0.05, 0.1) is 0 Å². The van der Waals surface area contributed by atoms with E-state index < -0.39 is 0 Å². The van der Waals surface area contributed by atoms with Gasteiger partial charge >= 0.3 is 0 Å². The van der Waals surface area contributed by atoms with Crippen LogP contribution in [0.15, 0.2) is 24.3 Å². The topological polar surface area (TPSA) is 49.6 Å². The number of rotatable bonds is 2. The summed E-state index contributed by atoms with van der Waals surface area (Å²) in [6.45, 7) is 2.51. The van der Waals surface area contributed by atoms with Crippen molar-refractivity contribution in [1.82, 2.24) is 9.80 Å². The van der Waals surface area contributed by atoms with Crippen LogP contribution in [0.5, 0.6) is 0 Å². The van der Waals surface area contributed by atoms with Gasteiger partial charge in [-0.05, 0) is 58.4 Å². The third kappa shape index (κ3) is 4.85. The molecule has 1 aromatic rings. The number of nitrogens with two attached hydrogens (primary N) is 1. The number of hydrogen-bond donors (Lipinski definition) is 1. The Morgan fingerprint density at radius 3 is 2.28 bits per heavy atom. The maximum absolute atomic E-state index is 10.1. The van der Waals surface area contributed by atoms with Crippen molar-refractivity contribution in [3.63, 3.8) is 0 Å². The lowest BCUT2D eigenvalue weighted by atomic mass is 10.2. The predicted octanol–water partition coefficient (Wildman–Crippen LogP) is 1.33. The first-order chi connectivity index (χ1) is 8.52. The Morgan fingerprint density at radius 2 is 1.94 bits per heavy atom. The van der Waals surface area contributed by atoms with E-state index in [1.165, 1.54) is 19.5 Å². The number of anilines is 1. The molecule has 2 rings (SSSR count). The number of likely N-dealkylation sites (tertiary alicyclic amines) is 1. The van der Waals surface area contributed by atoms with E-state index in [9.17, 15) is 4.79 Å². The lowest BCUT2D eigenvalue weighted by Gasteiger charge is -2.17. The van der Waals surface area contributed by atoms with E-state index in [1.54, 1.807) is 24.3 Å². The van der Waals surface area contributed by atoms with Crippen LogP contribution in [0.25, 0.3) is 0 Å². The summed E-state index contributed by atoms with van der Waals surface area (Å²) in [4.78, 5) is 14.8. The third-order valence-corrected chi connectivity index (χ3v) is 3.17. The molecule has 1 atom stereocenters. The zero-order chi connectivity index (χ0) is 13.5. The summed E-state index contributed by atoms with van der Waals surface area (Å²) in [6, 6.07) is 7.56. The fourth-order valence-corrected chi connectivity index (χ4v) is 1.91. The largest absolute Gasteiger partial charge is 0.399 e. The average molecular weight is 249 g/mol. The van der Waals surface area contributed by atoms with Gasteiger partial charge in [0.1, 0.15) is 6.29 Å². The van der Waals surface area contributed by atoms with E-state index in [0.29, 0.717) is 11.3 Å². The molecular weight excluding hydrogens is 226 g/mol. The fraction of sp³-hybridized carbons (Fsp3) is 0.500. The SMILES string of the molecule is CN1CCC(N(C)C)C1.Nc1ccc(C=O)cc1. The summed E-state index contributed by atoms with van der Waals surface area (Å²) in [5, 5.41) is 0. The minimum Gasteiger partial charge on any atom is -0.399 e. The Morgan fingerprint density at radius 1 is 1.33 bits per heavy atom. The van der Waals surface area contributed by atoms with Gasteiger partial charge in [-0.15, -0.1) is 0 Å². The number of hydrogen-bond acceptors (Lipinski definition) is 4. The second-order valence-electron chi connectivity index (χ2n) is 4.95. The maximum atomic E-state index is 10.1. The molecule has 0 spiro atoms. The van der Waals surface area contributed by atoms with Gasteiger partial charge in [0.15, 0.2) is 0 Å². The van der Waals surface area contributed by atoms with Gasteiger partial charge in [0, 0.05) is 23.8 Å².